The van der Waals surface area contributed by atoms with Crippen LogP contribution in [-0.4, -0.2) is 75.0 Å². The second-order valence-corrected chi connectivity index (χ2v) is 10.3. The van der Waals surface area contributed by atoms with Crippen LogP contribution < -0.4 is 26.7 Å². The molecule has 196 valence electrons. The Hall–Kier alpha value is -4.12. The number of carbonyl (C=O) groups is 1. The van der Waals surface area contributed by atoms with Crippen molar-refractivity contribution >= 4 is 66.3 Å². The van der Waals surface area contributed by atoms with Crippen LogP contribution >= 0.6 is 22.7 Å². The van der Waals surface area contributed by atoms with Gasteiger partial charge in [0.2, 0.25) is 11.4 Å². The van der Waals surface area contributed by atoms with Crippen LogP contribution in [0.1, 0.15) is 10.4 Å². The second-order valence-electron chi connectivity index (χ2n) is 8.21. The van der Waals surface area contributed by atoms with Gasteiger partial charge in [0, 0.05) is 25.7 Å². The lowest BCUT2D eigenvalue weighted by molar-refractivity contribution is 0.100. The summed E-state index contributed by atoms with van der Waals surface area (Å²) in [4.78, 5) is 36.2. The fourth-order valence-electron chi connectivity index (χ4n) is 4.08. The fourth-order valence-corrected chi connectivity index (χ4v) is 6.16. The minimum atomic E-state index is -0.738. The molecule has 14 nitrogen and oxygen atoms in total. The van der Waals surface area contributed by atoms with Gasteiger partial charge in [0.1, 0.15) is 28.2 Å². The molecule has 38 heavy (non-hydrogen) atoms. The van der Waals surface area contributed by atoms with Gasteiger partial charge in [0.05, 0.1) is 41.3 Å². The quantitative estimate of drug-likeness (QED) is 0.216. The number of anilines is 4. The normalized spacial score (nSPS) is 13.9. The van der Waals surface area contributed by atoms with Gasteiger partial charge in [-0.2, -0.15) is 4.98 Å². The number of amides is 1. The van der Waals surface area contributed by atoms with Crippen molar-refractivity contribution in [3.8, 4) is 10.6 Å². The SMILES string of the molecule is NC(=O)c1c(Nc2cnc(-c3coc4c(=O)cc(N5CCOCC5)sc34)s2)nc(NCCO)n2cnnc12. The highest BCUT2D eigenvalue weighted by molar-refractivity contribution is 7.23. The smallest absolute Gasteiger partial charge is 0.256 e. The summed E-state index contributed by atoms with van der Waals surface area (Å²) in [5.41, 5.74) is 6.69. The summed E-state index contributed by atoms with van der Waals surface area (Å²) in [7, 11) is 0. The average molecular weight is 556 g/mol. The first kappa shape index (κ1) is 24.2. The standard InChI is InChI=1S/C22H21N9O5S2/c23-18(34)15-19(28-22(24-1-4-32)31-10-26-29-20(15)31)27-13-8-25-21(37-13)11-9-36-16-12(33)7-14(38-17(11)16)30-2-5-35-6-3-30/h7-10,27,32H,1-6H2,(H2,23,34)(H,24,28). The number of nitrogens with zero attached hydrogens (tertiary/aromatic N) is 6. The molecule has 1 saturated heterocycles. The molecule has 1 amide bonds. The Balaban J connectivity index is 1.36. The topological polar surface area (TPSA) is 186 Å². The third kappa shape index (κ3) is 4.32. The highest BCUT2D eigenvalue weighted by Crippen LogP contribution is 2.39. The summed E-state index contributed by atoms with van der Waals surface area (Å²) >= 11 is 2.76. The molecule has 0 unspecified atom stereocenters. The molecule has 5 aromatic heterocycles. The number of hydrogen-bond donors (Lipinski definition) is 4. The zero-order valence-electron chi connectivity index (χ0n) is 19.7. The number of aliphatic hydroxyl groups is 1. The van der Waals surface area contributed by atoms with Gasteiger partial charge < -0.3 is 35.5 Å². The van der Waals surface area contributed by atoms with Gasteiger partial charge in [0.25, 0.3) is 5.91 Å². The van der Waals surface area contributed by atoms with Crippen molar-refractivity contribution in [2.75, 3.05) is 55.0 Å². The first-order valence-corrected chi connectivity index (χ1v) is 13.2. The lowest BCUT2D eigenvalue weighted by Gasteiger charge is -2.27. The molecule has 0 spiro atoms. The minimum absolute atomic E-state index is 0.0501. The number of aromatic nitrogens is 5. The number of carbonyl (C=O) groups excluding carboxylic acids is 1. The van der Waals surface area contributed by atoms with E-state index in [0.717, 1.165) is 5.00 Å². The molecule has 16 heteroatoms. The summed E-state index contributed by atoms with van der Waals surface area (Å²) in [6.45, 7) is 2.74. The first-order chi connectivity index (χ1) is 18.5. The number of fused-ring (bicyclic) bond motifs is 2. The maximum absolute atomic E-state index is 12.8. The molecule has 5 aromatic rings. The number of furan rings is 1. The summed E-state index contributed by atoms with van der Waals surface area (Å²) in [6, 6.07) is 1.60. The third-order valence-electron chi connectivity index (χ3n) is 5.83. The van der Waals surface area contributed by atoms with Crippen LogP contribution in [0, 0.1) is 0 Å². The van der Waals surface area contributed by atoms with Crippen molar-refractivity contribution in [3.63, 3.8) is 0 Å². The lowest BCUT2D eigenvalue weighted by Crippen LogP contribution is -2.36. The van der Waals surface area contributed by atoms with Gasteiger partial charge >= 0.3 is 0 Å². The average Bonchev–Trinajstić information content (AvgIpc) is 3.67. The number of primary amides is 1. The number of ether oxygens (including phenoxy) is 1. The molecule has 1 aliphatic rings. The Bertz CT molecular complexity index is 1700. The molecule has 0 aromatic carbocycles. The van der Waals surface area contributed by atoms with Crippen molar-refractivity contribution in [2.24, 2.45) is 5.73 Å². The van der Waals surface area contributed by atoms with E-state index in [1.807, 2.05) is 0 Å². The van der Waals surface area contributed by atoms with E-state index in [4.69, 9.17) is 14.9 Å². The molecule has 6 rings (SSSR count). The van der Waals surface area contributed by atoms with E-state index >= 15 is 0 Å². The van der Waals surface area contributed by atoms with Crippen LogP contribution in [0.15, 0.2) is 34.1 Å². The lowest BCUT2D eigenvalue weighted by atomic mass is 10.2. The minimum Gasteiger partial charge on any atom is -0.459 e. The fraction of sp³-hybridized carbons (Fsp3) is 0.273. The first-order valence-electron chi connectivity index (χ1n) is 11.5. The van der Waals surface area contributed by atoms with Crippen LogP contribution in [0.3, 0.4) is 0 Å². The van der Waals surface area contributed by atoms with Crippen LogP contribution in [0.25, 0.3) is 26.5 Å². The predicted octanol–water partition coefficient (Wildman–Crippen LogP) is 1.50. The number of thiazole rings is 1. The molecular weight excluding hydrogens is 534 g/mol. The molecule has 0 aliphatic carbocycles. The zero-order chi connectivity index (χ0) is 26.2. The van der Waals surface area contributed by atoms with Gasteiger partial charge in [0.15, 0.2) is 17.0 Å². The maximum Gasteiger partial charge on any atom is 0.256 e. The molecule has 6 heterocycles. The zero-order valence-corrected chi connectivity index (χ0v) is 21.3. The molecule has 1 aliphatic heterocycles. The Kier molecular flexibility index (Phi) is 6.36. The molecule has 5 N–H and O–H groups in total. The van der Waals surface area contributed by atoms with Crippen LogP contribution in [0.2, 0.25) is 0 Å². The number of nitrogens with two attached hydrogens (primary N) is 1. The van der Waals surface area contributed by atoms with Crippen molar-refractivity contribution < 1.29 is 19.1 Å². The van der Waals surface area contributed by atoms with E-state index < -0.39 is 5.91 Å². The number of morpholine rings is 1. The van der Waals surface area contributed by atoms with Crippen LogP contribution in [0.5, 0.6) is 0 Å². The largest absolute Gasteiger partial charge is 0.459 e. The Morgan fingerprint density at radius 2 is 2.11 bits per heavy atom. The van der Waals surface area contributed by atoms with E-state index in [-0.39, 0.29) is 41.2 Å². The highest BCUT2D eigenvalue weighted by atomic mass is 32.1. The van der Waals surface area contributed by atoms with Gasteiger partial charge in [-0.25, -0.2) is 4.98 Å². The maximum atomic E-state index is 12.8. The summed E-state index contributed by atoms with van der Waals surface area (Å²) in [5, 5.41) is 25.2. The van der Waals surface area contributed by atoms with E-state index in [9.17, 15) is 14.7 Å². The molecule has 0 saturated carbocycles. The van der Waals surface area contributed by atoms with Gasteiger partial charge in [-0.1, -0.05) is 11.3 Å². The second kappa shape index (κ2) is 9.97. The van der Waals surface area contributed by atoms with E-state index in [0.29, 0.717) is 52.5 Å². The monoisotopic (exact) mass is 555 g/mol. The van der Waals surface area contributed by atoms with Crippen molar-refractivity contribution in [1.29, 1.82) is 0 Å². The number of nitrogens with one attached hydrogen (secondary N) is 2. The number of aliphatic hydroxyl groups excluding tert-OH is 1. The van der Waals surface area contributed by atoms with Crippen molar-refractivity contribution in [3.05, 3.63) is 40.6 Å². The van der Waals surface area contributed by atoms with Crippen LogP contribution in [-0.2, 0) is 4.74 Å². The summed E-state index contributed by atoms with van der Waals surface area (Å²) in [6.07, 6.45) is 4.51. The third-order valence-corrected chi connectivity index (χ3v) is 7.97. The highest BCUT2D eigenvalue weighted by Gasteiger charge is 2.23. The van der Waals surface area contributed by atoms with E-state index in [1.165, 1.54) is 39.7 Å². The van der Waals surface area contributed by atoms with Crippen LogP contribution in [0.4, 0.5) is 21.8 Å². The molecule has 0 bridgehead atoms. The van der Waals surface area contributed by atoms with Crippen molar-refractivity contribution in [2.45, 2.75) is 0 Å². The Labute approximate surface area is 221 Å². The van der Waals surface area contributed by atoms with Gasteiger partial charge in [-0.3, -0.25) is 14.0 Å². The summed E-state index contributed by atoms with van der Waals surface area (Å²) in [5.74, 6) is -0.264. The van der Waals surface area contributed by atoms with Crippen molar-refractivity contribution in [1.82, 2.24) is 24.6 Å². The molecular formula is C22H21N9O5S2. The predicted molar refractivity (Wildman–Crippen MR) is 143 cm³/mol. The number of rotatable bonds is 8. The molecule has 1 fully saturated rings. The van der Waals surface area contributed by atoms with Gasteiger partial charge in [-0.15, -0.1) is 21.5 Å². The van der Waals surface area contributed by atoms with E-state index in [1.54, 1.807) is 12.3 Å². The Morgan fingerprint density at radius 3 is 2.89 bits per heavy atom. The summed E-state index contributed by atoms with van der Waals surface area (Å²) < 4.78 is 13.2. The number of hydrogen-bond acceptors (Lipinski definition) is 14. The van der Waals surface area contributed by atoms with Gasteiger partial charge in [-0.05, 0) is 0 Å². The Morgan fingerprint density at radius 1 is 1.26 bits per heavy atom. The molecule has 0 radical (unpaired) electrons. The van der Waals surface area contributed by atoms with E-state index in [2.05, 4.69) is 35.7 Å². The molecule has 0 atom stereocenters.